The Kier molecular flexibility index (Phi) is 16.6. The minimum absolute atomic E-state index is 0.0641. The van der Waals surface area contributed by atoms with Gasteiger partial charge in [-0.1, -0.05) is 309 Å². The predicted molar refractivity (Wildman–Crippen MR) is 463 cm³/mol. The fourth-order valence-electron chi connectivity index (χ4n) is 17.9. The molecule has 0 amide bonds. The molecule has 0 bridgehead atoms. The van der Waals surface area contributed by atoms with Gasteiger partial charge in [-0.25, -0.2) is 0 Å². The van der Waals surface area contributed by atoms with Crippen LogP contribution in [0.4, 0.5) is 34.1 Å². The second kappa shape index (κ2) is 27.8. The van der Waals surface area contributed by atoms with Crippen LogP contribution in [0.3, 0.4) is 0 Å². The van der Waals surface area contributed by atoms with Crippen molar-refractivity contribution in [1.82, 2.24) is 0 Å². The van der Waals surface area contributed by atoms with Gasteiger partial charge >= 0.3 is 0 Å². The second-order valence-electron chi connectivity index (χ2n) is 29.3. The summed E-state index contributed by atoms with van der Waals surface area (Å²) < 4.78 is 13.2. The van der Waals surface area contributed by atoms with Crippen molar-refractivity contribution in [2.75, 3.05) is 9.80 Å². The lowest BCUT2D eigenvalue weighted by molar-refractivity contribution is 0.668. The van der Waals surface area contributed by atoms with Crippen LogP contribution in [0.5, 0.6) is 0 Å². The lowest BCUT2D eigenvalue weighted by atomic mass is 9.69. The number of terminal acetylenes is 1. The Labute approximate surface area is 647 Å². The third-order valence-corrected chi connectivity index (χ3v) is 22.9. The topological polar surface area (TPSA) is 32.8 Å². The largest absolute Gasteiger partial charge is 0.456 e. The third kappa shape index (κ3) is 11.6. The summed E-state index contributed by atoms with van der Waals surface area (Å²) >= 11 is 0. The van der Waals surface area contributed by atoms with Crippen LogP contribution >= 0.6 is 0 Å². The number of para-hydroxylation sites is 2. The van der Waals surface area contributed by atoms with Gasteiger partial charge in [0.1, 0.15) is 22.3 Å². The first-order valence-electron chi connectivity index (χ1n) is 38.3. The molecule has 2 aliphatic carbocycles. The Balaban J connectivity index is 0.822. The Morgan fingerprint density at radius 1 is 0.315 bits per heavy atom. The van der Waals surface area contributed by atoms with Crippen LogP contribution in [0.1, 0.15) is 51.8 Å². The average Bonchev–Trinajstić information content (AvgIpc) is 1.50. The van der Waals surface area contributed by atoms with Gasteiger partial charge in [0.25, 0.3) is 0 Å². The first kappa shape index (κ1) is 66.2. The Morgan fingerprint density at radius 3 is 1.27 bits per heavy atom. The van der Waals surface area contributed by atoms with E-state index in [1.165, 1.54) is 61.2 Å². The van der Waals surface area contributed by atoms with Crippen molar-refractivity contribution in [2.45, 2.75) is 31.1 Å². The first-order chi connectivity index (χ1) is 54.9. The summed E-state index contributed by atoms with van der Waals surface area (Å²) in [5.74, 6) is 3.60. The van der Waals surface area contributed by atoms with Gasteiger partial charge in [-0.15, -0.1) is 6.42 Å². The summed E-state index contributed by atoms with van der Waals surface area (Å²) in [6, 6.07) is 140. The molecule has 2 aliphatic rings. The van der Waals surface area contributed by atoms with E-state index >= 15 is 0 Å². The molecule has 2 unspecified atom stereocenters. The van der Waals surface area contributed by atoms with Crippen molar-refractivity contribution in [2.24, 2.45) is 0 Å². The van der Waals surface area contributed by atoms with Crippen molar-refractivity contribution >= 4 is 83.6 Å². The van der Waals surface area contributed by atoms with Crippen LogP contribution in [-0.2, 0) is 18.3 Å². The van der Waals surface area contributed by atoms with Crippen molar-refractivity contribution in [3.63, 3.8) is 0 Å². The maximum absolute atomic E-state index is 7.35. The number of fused-ring (bicyclic) bond motifs is 13. The molecule has 20 rings (SSSR count). The SMILES string of the molecule is C#CC1=C(/C=C\C)c2c(-c3cc(N(c4ccc(-c5ccccc5)cc4)c4ccc5oc6ccccc6c5c4)cc(N(c4ccc(-c5ccccc5)cc4)c4ccc5oc6ccccc6c5c4)c3)cccc2C12c1ccccc1-c1c(C(Cc3ccc(-c4ccccc4)cc3)Cc3cccc(-c4ccccc4)c3)cccc12. The maximum Gasteiger partial charge on any atom is 0.135 e. The number of benzene rings is 16. The molecule has 0 N–H and O–H groups in total. The molecule has 2 atom stereocenters. The molecule has 2 heterocycles. The van der Waals surface area contributed by atoms with E-state index in [0.29, 0.717) is 0 Å². The third-order valence-electron chi connectivity index (χ3n) is 22.9. The zero-order chi connectivity index (χ0) is 73.9. The molecule has 0 saturated carbocycles. The van der Waals surface area contributed by atoms with Crippen LogP contribution in [0.15, 0.2) is 409 Å². The summed E-state index contributed by atoms with van der Waals surface area (Å²) in [6.45, 7) is 2.12. The predicted octanol–water partition coefficient (Wildman–Crippen LogP) is 28.6. The summed E-state index contributed by atoms with van der Waals surface area (Å²) in [5.41, 5.74) is 32.6. The quantitative estimate of drug-likeness (QED) is 0.0851. The highest BCUT2D eigenvalue weighted by atomic mass is 16.3. The van der Waals surface area contributed by atoms with Gasteiger partial charge < -0.3 is 18.6 Å². The zero-order valence-corrected chi connectivity index (χ0v) is 61.3. The van der Waals surface area contributed by atoms with Gasteiger partial charge in [0.15, 0.2) is 0 Å². The standard InChI is InChI=1S/C107H74N2O2/c1-3-26-93-97(4-2)107(98-42-20-17-39-94(98)106-89(40-24-44-100(106)107)81(63-71-47-49-77(50-48-71)73-28-9-5-10-29-73)65-72-27-23-36-80(64-72)76-34-15-8-16-35-76)99-43-25-41-90(105(93)99)82-66-87(108(83-55-51-78(52-56-83)74-30-11-6-12-31-74)85-59-61-103-95(69-85)91-37-18-21-45-101(91)110-103)68-88(67-82)109(84-57-53-79(54-58-84)75-32-13-7-14-33-75)86-60-62-104-96(70-86)92-38-19-22-46-102(92)111-104/h2-3,5-62,64,66-70,81H,63,65H2,1H3/b26-3-. The number of nitrogens with zero attached hydrogens (tertiary/aromatic N) is 2. The number of allylic oxidation sites excluding steroid dienone is 4. The molecule has 0 saturated heterocycles. The van der Waals surface area contributed by atoms with Crippen LogP contribution in [0.25, 0.3) is 116 Å². The molecule has 4 heteroatoms. The van der Waals surface area contributed by atoms with Gasteiger partial charge in [-0.2, -0.15) is 0 Å². The molecule has 4 nitrogen and oxygen atoms in total. The molecule has 2 aromatic heterocycles. The van der Waals surface area contributed by atoms with Crippen LogP contribution < -0.4 is 9.80 Å². The minimum atomic E-state index is -0.878. The molecule has 18 aromatic rings. The van der Waals surface area contributed by atoms with Gasteiger partial charge in [-0.05, 0) is 228 Å². The fraction of sp³-hybridized carbons (Fsp3) is 0.0467. The van der Waals surface area contributed by atoms with E-state index in [4.69, 9.17) is 15.3 Å². The van der Waals surface area contributed by atoms with Crippen molar-refractivity contribution < 1.29 is 8.83 Å². The molecule has 111 heavy (non-hydrogen) atoms. The highest BCUT2D eigenvalue weighted by Gasteiger charge is 2.54. The fourth-order valence-corrected chi connectivity index (χ4v) is 17.9. The van der Waals surface area contributed by atoms with E-state index in [2.05, 4.69) is 405 Å². The zero-order valence-electron chi connectivity index (χ0n) is 61.3. The highest BCUT2D eigenvalue weighted by molar-refractivity contribution is 6.09. The lowest BCUT2D eigenvalue weighted by Gasteiger charge is -2.32. The van der Waals surface area contributed by atoms with E-state index in [-0.39, 0.29) is 5.92 Å². The number of hydrogen-bond donors (Lipinski definition) is 0. The first-order valence-corrected chi connectivity index (χ1v) is 38.3. The van der Waals surface area contributed by atoms with E-state index in [1.54, 1.807) is 0 Å². The number of rotatable bonds is 17. The van der Waals surface area contributed by atoms with Crippen LogP contribution in [0.2, 0.25) is 0 Å². The molecular weight excluding hydrogens is 1350 g/mol. The Hall–Kier alpha value is -14.2. The molecule has 1 spiro atoms. The van der Waals surface area contributed by atoms with Gasteiger partial charge in [0, 0.05) is 61.2 Å². The van der Waals surface area contributed by atoms with Gasteiger partial charge in [0.05, 0.1) is 5.41 Å². The Morgan fingerprint density at radius 2 is 0.730 bits per heavy atom. The van der Waals surface area contributed by atoms with Crippen molar-refractivity contribution in [3.8, 4) is 79.1 Å². The summed E-state index contributed by atoms with van der Waals surface area (Å²) in [4.78, 5) is 4.84. The lowest BCUT2D eigenvalue weighted by Crippen LogP contribution is -2.27. The van der Waals surface area contributed by atoms with E-state index in [0.717, 1.165) is 146 Å². The van der Waals surface area contributed by atoms with E-state index in [9.17, 15) is 0 Å². The van der Waals surface area contributed by atoms with Gasteiger partial charge in [-0.3, -0.25) is 0 Å². The molecule has 524 valence electrons. The Bertz CT molecular complexity index is 6480. The molecule has 0 aliphatic heterocycles. The molecular formula is C107H74N2O2. The maximum atomic E-state index is 7.35. The van der Waals surface area contributed by atoms with Crippen LogP contribution in [0, 0.1) is 12.3 Å². The van der Waals surface area contributed by atoms with Crippen LogP contribution in [-0.4, -0.2) is 0 Å². The average molecular weight is 1420 g/mol. The monoisotopic (exact) mass is 1420 g/mol. The number of hydrogen-bond acceptors (Lipinski definition) is 4. The summed E-state index contributed by atoms with van der Waals surface area (Å²) in [5, 5.41) is 4.16. The van der Waals surface area contributed by atoms with E-state index < -0.39 is 5.41 Å². The van der Waals surface area contributed by atoms with Crippen molar-refractivity contribution in [3.05, 3.63) is 439 Å². The highest BCUT2D eigenvalue weighted by Crippen LogP contribution is 2.64. The minimum Gasteiger partial charge on any atom is -0.456 e. The van der Waals surface area contributed by atoms with Crippen molar-refractivity contribution in [1.29, 1.82) is 0 Å². The number of anilines is 6. The normalized spacial score (nSPS) is 13.8. The second-order valence-corrected chi connectivity index (χ2v) is 29.3. The summed E-state index contributed by atoms with van der Waals surface area (Å²) in [7, 11) is 0. The molecule has 0 fully saturated rings. The summed E-state index contributed by atoms with van der Waals surface area (Å²) in [6.07, 6.45) is 13.4. The van der Waals surface area contributed by atoms with Gasteiger partial charge in [0.2, 0.25) is 0 Å². The molecule has 16 aromatic carbocycles. The molecule has 0 radical (unpaired) electrons. The number of furan rings is 2. The smallest absolute Gasteiger partial charge is 0.135 e. The van der Waals surface area contributed by atoms with E-state index in [1.807, 2.05) is 12.1 Å².